The highest BCUT2D eigenvalue weighted by molar-refractivity contribution is 7.16. The van der Waals surface area contributed by atoms with Gasteiger partial charge in [-0.05, 0) is 51.6 Å². The number of hydrogen-bond acceptors (Lipinski definition) is 5. The second-order valence-corrected chi connectivity index (χ2v) is 7.46. The topological polar surface area (TPSA) is 58.6 Å². The zero-order valence-electron chi connectivity index (χ0n) is 14.4. The highest BCUT2D eigenvalue weighted by Crippen LogP contribution is 2.33. The van der Waals surface area contributed by atoms with Crippen molar-refractivity contribution in [2.75, 3.05) is 31.6 Å². The Bertz CT molecular complexity index is 583. The number of nitrogens with zero attached hydrogens (tertiary/aromatic N) is 1. The fourth-order valence-corrected chi connectivity index (χ4v) is 4.03. The summed E-state index contributed by atoms with van der Waals surface area (Å²) in [5.41, 5.74) is 1.38. The Kier molecular flexibility index (Phi) is 6.18. The van der Waals surface area contributed by atoms with Gasteiger partial charge in [0.25, 0.3) is 0 Å². The number of esters is 1. The molecular formula is C17H26N2O3S. The molecule has 0 bridgehead atoms. The summed E-state index contributed by atoms with van der Waals surface area (Å²) in [6.45, 7) is 10.5. The number of aryl methyl sites for hydroxylation is 1. The molecule has 0 radical (unpaired) electrons. The number of thiophene rings is 1. The lowest BCUT2D eigenvalue weighted by Crippen LogP contribution is -2.39. The van der Waals surface area contributed by atoms with E-state index in [-0.39, 0.29) is 11.9 Å². The van der Waals surface area contributed by atoms with E-state index < -0.39 is 0 Å². The lowest BCUT2D eigenvalue weighted by atomic mass is 10.0. The predicted octanol–water partition coefficient (Wildman–Crippen LogP) is 3.21. The Morgan fingerprint density at radius 3 is 2.78 bits per heavy atom. The van der Waals surface area contributed by atoms with Crippen LogP contribution in [0.2, 0.25) is 0 Å². The summed E-state index contributed by atoms with van der Waals surface area (Å²) in [5, 5.41) is 3.52. The first-order valence-corrected chi connectivity index (χ1v) is 9.03. The first-order valence-electron chi connectivity index (χ1n) is 8.21. The number of amides is 1. The molecule has 2 heterocycles. The Morgan fingerprint density at radius 2 is 2.13 bits per heavy atom. The van der Waals surface area contributed by atoms with Crippen LogP contribution in [-0.2, 0) is 9.53 Å². The average molecular weight is 338 g/mol. The first kappa shape index (κ1) is 17.9. The largest absolute Gasteiger partial charge is 0.462 e. The van der Waals surface area contributed by atoms with Gasteiger partial charge >= 0.3 is 5.97 Å². The summed E-state index contributed by atoms with van der Waals surface area (Å²) < 4.78 is 5.11. The molecule has 23 heavy (non-hydrogen) atoms. The normalized spacial score (nSPS) is 18.7. The van der Waals surface area contributed by atoms with Gasteiger partial charge in [-0.25, -0.2) is 4.79 Å². The third-order valence-corrected chi connectivity index (χ3v) is 5.35. The van der Waals surface area contributed by atoms with Crippen molar-refractivity contribution in [3.05, 3.63) is 16.0 Å². The number of ether oxygens (including phenoxy) is 1. The number of likely N-dealkylation sites (tertiary alicyclic amines) is 1. The molecule has 1 aromatic heterocycles. The van der Waals surface area contributed by atoms with Crippen LogP contribution in [0, 0.1) is 19.8 Å². The predicted molar refractivity (Wildman–Crippen MR) is 93.2 cm³/mol. The van der Waals surface area contributed by atoms with Crippen molar-refractivity contribution in [2.45, 2.75) is 40.5 Å². The molecule has 0 aliphatic carbocycles. The third kappa shape index (κ3) is 4.54. The third-order valence-electron chi connectivity index (χ3n) is 4.23. The number of rotatable bonds is 5. The molecule has 1 N–H and O–H groups in total. The fraction of sp³-hybridized carbons (Fsp3) is 0.647. The number of anilines is 1. The van der Waals surface area contributed by atoms with Crippen molar-refractivity contribution < 1.29 is 14.3 Å². The van der Waals surface area contributed by atoms with E-state index in [1.54, 1.807) is 6.92 Å². The Balaban J connectivity index is 2.05. The standard InChI is InChI=1S/C17H26N2O3S/c1-5-22-17(21)15-12(3)13(4)23-16(15)18-14(20)10-19-8-6-7-11(2)9-19/h11H,5-10H2,1-4H3,(H,18,20)/t11-/m1/s1. The van der Waals surface area contributed by atoms with Crippen molar-refractivity contribution in [3.8, 4) is 0 Å². The van der Waals surface area contributed by atoms with E-state index in [0.717, 1.165) is 30.0 Å². The van der Waals surface area contributed by atoms with Gasteiger partial charge < -0.3 is 10.1 Å². The van der Waals surface area contributed by atoms with E-state index in [9.17, 15) is 9.59 Å². The van der Waals surface area contributed by atoms with Crippen molar-refractivity contribution in [3.63, 3.8) is 0 Å². The number of carbonyl (C=O) groups excluding carboxylic acids is 2. The van der Waals surface area contributed by atoms with Gasteiger partial charge in [-0.1, -0.05) is 6.92 Å². The maximum Gasteiger partial charge on any atom is 0.341 e. The molecule has 5 nitrogen and oxygen atoms in total. The number of carbonyl (C=O) groups is 2. The number of nitrogens with one attached hydrogen (secondary N) is 1. The molecule has 1 atom stereocenters. The molecule has 1 amide bonds. The zero-order chi connectivity index (χ0) is 17.0. The van der Waals surface area contributed by atoms with Gasteiger partial charge in [0.15, 0.2) is 0 Å². The lowest BCUT2D eigenvalue weighted by molar-refractivity contribution is -0.117. The lowest BCUT2D eigenvalue weighted by Gasteiger charge is -2.30. The van der Waals surface area contributed by atoms with Gasteiger partial charge in [0.05, 0.1) is 18.7 Å². The molecule has 1 aromatic rings. The van der Waals surface area contributed by atoms with E-state index in [2.05, 4.69) is 17.1 Å². The van der Waals surface area contributed by atoms with Crippen LogP contribution in [0.15, 0.2) is 0 Å². The summed E-state index contributed by atoms with van der Waals surface area (Å²) in [4.78, 5) is 27.7. The van der Waals surface area contributed by atoms with E-state index in [1.165, 1.54) is 17.8 Å². The van der Waals surface area contributed by atoms with Crippen molar-refractivity contribution >= 4 is 28.2 Å². The van der Waals surface area contributed by atoms with E-state index >= 15 is 0 Å². The molecule has 0 spiro atoms. The minimum atomic E-state index is -0.365. The minimum Gasteiger partial charge on any atom is -0.462 e. The zero-order valence-corrected chi connectivity index (χ0v) is 15.2. The average Bonchev–Trinajstić information content (AvgIpc) is 2.73. The quantitative estimate of drug-likeness (QED) is 0.838. The number of hydrogen-bond donors (Lipinski definition) is 1. The van der Waals surface area contributed by atoms with Gasteiger partial charge in [0.1, 0.15) is 5.00 Å². The van der Waals surface area contributed by atoms with Crippen molar-refractivity contribution in [2.24, 2.45) is 5.92 Å². The SMILES string of the molecule is CCOC(=O)c1c(NC(=O)CN2CCC[C@@H](C)C2)sc(C)c1C. The van der Waals surface area contributed by atoms with Gasteiger partial charge in [-0.3, -0.25) is 9.69 Å². The van der Waals surface area contributed by atoms with E-state index in [1.807, 2.05) is 13.8 Å². The monoisotopic (exact) mass is 338 g/mol. The van der Waals surface area contributed by atoms with Crippen LogP contribution < -0.4 is 5.32 Å². The molecular weight excluding hydrogens is 312 g/mol. The van der Waals surface area contributed by atoms with Gasteiger partial charge in [0, 0.05) is 11.4 Å². The Morgan fingerprint density at radius 1 is 1.39 bits per heavy atom. The van der Waals surface area contributed by atoms with Crippen LogP contribution in [0.5, 0.6) is 0 Å². The molecule has 128 valence electrons. The molecule has 0 saturated carbocycles. The smallest absolute Gasteiger partial charge is 0.341 e. The van der Waals surface area contributed by atoms with E-state index in [4.69, 9.17) is 4.74 Å². The molecule has 0 aromatic carbocycles. The van der Waals surface area contributed by atoms with Crippen LogP contribution in [-0.4, -0.2) is 43.0 Å². The van der Waals surface area contributed by atoms with Gasteiger partial charge in [-0.2, -0.15) is 0 Å². The van der Waals surface area contributed by atoms with Crippen LogP contribution in [0.4, 0.5) is 5.00 Å². The molecule has 1 saturated heterocycles. The van der Waals surface area contributed by atoms with Gasteiger partial charge in [-0.15, -0.1) is 11.3 Å². The fourth-order valence-electron chi connectivity index (χ4n) is 2.96. The van der Waals surface area contributed by atoms with Crippen LogP contribution in [0.25, 0.3) is 0 Å². The van der Waals surface area contributed by atoms with Crippen molar-refractivity contribution in [1.29, 1.82) is 0 Å². The second kappa shape index (κ2) is 7.93. The summed E-state index contributed by atoms with van der Waals surface area (Å²) in [5.74, 6) is 0.208. The van der Waals surface area contributed by atoms with Gasteiger partial charge in [0.2, 0.25) is 5.91 Å². The molecule has 1 aliphatic rings. The van der Waals surface area contributed by atoms with Crippen molar-refractivity contribution in [1.82, 2.24) is 4.90 Å². The van der Waals surface area contributed by atoms with Crippen LogP contribution in [0.3, 0.4) is 0 Å². The first-order chi connectivity index (χ1) is 10.9. The van der Waals surface area contributed by atoms with Crippen LogP contribution >= 0.6 is 11.3 Å². The van der Waals surface area contributed by atoms with E-state index in [0.29, 0.717) is 29.6 Å². The Labute approximate surface area is 142 Å². The molecule has 6 heteroatoms. The second-order valence-electron chi connectivity index (χ2n) is 6.24. The highest BCUT2D eigenvalue weighted by atomic mass is 32.1. The summed E-state index contributed by atoms with van der Waals surface area (Å²) in [6, 6.07) is 0. The Hall–Kier alpha value is -1.40. The van der Waals surface area contributed by atoms with Crippen LogP contribution in [0.1, 0.15) is 47.5 Å². The minimum absolute atomic E-state index is 0.0640. The summed E-state index contributed by atoms with van der Waals surface area (Å²) in [7, 11) is 0. The maximum atomic E-state index is 12.3. The highest BCUT2D eigenvalue weighted by Gasteiger charge is 2.23. The maximum absolute atomic E-state index is 12.3. The molecule has 1 aliphatic heterocycles. The molecule has 0 unspecified atom stereocenters. The molecule has 1 fully saturated rings. The summed E-state index contributed by atoms with van der Waals surface area (Å²) in [6.07, 6.45) is 2.37. The molecule has 2 rings (SSSR count). The summed E-state index contributed by atoms with van der Waals surface area (Å²) >= 11 is 1.43. The number of piperidine rings is 1.